The van der Waals surface area contributed by atoms with Crippen molar-refractivity contribution < 1.29 is 26.4 Å². The third kappa shape index (κ3) is 4.95. The predicted molar refractivity (Wildman–Crippen MR) is 132 cm³/mol. The van der Waals surface area contributed by atoms with Gasteiger partial charge < -0.3 is 9.30 Å². The van der Waals surface area contributed by atoms with Crippen LogP contribution in [0, 0.1) is 0 Å². The standard InChI is InChI=1S/C22H24N4O6S3/c1-3-12-25-18-11-10-17(34(23,28)29)14-20(18)33-22(25)24-21(27)19-5-4-13-26(19)35(30,31)16-8-6-15(32-2)7-9-16/h3,6-11,14,19H,1,4-5,12-13H2,2H3,(H2,23,28,29). The molecule has 1 aromatic heterocycles. The van der Waals surface area contributed by atoms with Crippen LogP contribution in [0.15, 0.2) is 69.9 Å². The van der Waals surface area contributed by atoms with E-state index in [2.05, 4.69) is 11.6 Å². The topological polar surface area (TPSA) is 141 Å². The molecule has 35 heavy (non-hydrogen) atoms. The second-order valence-electron chi connectivity index (χ2n) is 7.86. The Morgan fingerprint density at radius 1 is 1.20 bits per heavy atom. The molecule has 1 atom stereocenters. The van der Waals surface area contributed by atoms with Crippen molar-refractivity contribution in [2.24, 2.45) is 10.1 Å². The first-order chi connectivity index (χ1) is 16.6. The monoisotopic (exact) mass is 536 g/mol. The highest BCUT2D eigenvalue weighted by atomic mass is 32.2. The van der Waals surface area contributed by atoms with E-state index < -0.39 is 32.0 Å². The van der Waals surface area contributed by atoms with Gasteiger partial charge in [0.05, 0.1) is 27.1 Å². The van der Waals surface area contributed by atoms with Crippen molar-refractivity contribution in [1.29, 1.82) is 0 Å². The molecule has 13 heteroatoms. The minimum absolute atomic E-state index is 0.0533. The van der Waals surface area contributed by atoms with Gasteiger partial charge in [-0.15, -0.1) is 6.58 Å². The van der Waals surface area contributed by atoms with Gasteiger partial charge in [-0.3, -0.25) is 4.79 Å². The van der Waals surface area contributed by atoms with E-state index in [0.717, 1.165) is 11.3 Å². The van der Waals surface area contributed by atoms with Crippen molar-refractivity contribution in [1.82, 2.24) is 8.87 Å². The summed E-state index contributed by atoms with van der Waals surface area (Å²) < 4.78 is 58.5. The molecule has 1 amide bonds. The van der Waals surface area contributed by atoms with E-state index in [9.17, 15) is 21.6 Å². The molecule has 0 bridgehead atoms. The Balaban J connectivity index is 1.73. The Kier molecular flexibility index (Phi) is 6.97. The minimum Gasteiger partial charge on any atom is -0.497 e. The van der Waals surface area contributed by atoms with Crippen molar-refractivity contribution in [3.05, 3.63) is 59.9 Å². The van der Waals surface area contributed by atoms with E-state index >= 15 is 0 Å². The number of amides is 1. The maximum absolute atomic E-state index is 13.2. The van der Waals surface area contributed by atoms with E-state index in [4.69, 9.17) is 9.88 Å². The zero-order chi connectivity index (χ0) is 25.4. The molecule has 0 aliphatic carbocycles. The lowest BCUT2D eigenvalue weighted by Gasteiger charge is -2.21. The van der Waals surface area contributed by atoms with E-state index in [0.29, 0.717) is 40.2 Å². The molecule has 0 radical (unpaired) electrons. The summed E-state index contributed by atoms with van der Waals surface area (Å²) >= 11 is 1.12. The second kappa shape index (κ2) is 9.66. The highest BCUT2D eigenvalue weighted by Crippen LogP contribution is 2.28. The number of methoxy groups -OCH3 is 1. The zero-order valence-electron chi connectivity index (χ0n) is 18.8. The van der Waals surface area contributed by atoms with Gasteiger partial charge in [-0.05, 0) is 55.3 Å². The molecule has 1 unspecified atom stereocenters. The molecule has 4 rings (SSSR count). The molecule has 3 aromatic rings. The van der Waals surface area contributed by atoms with E-state index in [1.165, 1.54) is 35.7 Å². The molecule has 1 saturated heterocycles. The zero-order valence-corrected chi connectivity index (χ0v) is 21.3. The number of benzene rings is 2. The molecule has 10 nitrogen and oxygen atoms in total. The van der Waals surface area contributed by atoms with Crippen LogP contribution in [0.5, 0.6) is 5.75 Å². The van der Waals surface area contributed by atoms with Crippen LogP contribution in [-0.2, 0) is 31.4 Å². The lowest BCUT2D eigenvalue weighted by atomic mass is 10.2. The number of aromatic nitrogens is 1. The Bertz CT molecular complexity index is 1570. The van der Waals surface area contributed by atoms with Crippen LogP contribution in [0.2, 0.25) is 0 Å². The fourth-order valence-corrected chi connectivity index (χ4v) is 7.30. The van der Waals surface area contributed by atoms with Gasteiger partial charge in [-0.25, -0.2) is 22.0 Å². The van der Waals surface area contributed by atoms with E-state index in [1.54, 1.807) is 28.8 Å². The maximum Gasteiger partial charge on any atom is 0.266 e. The van der Waals surface area contributed by atoms with Gasteiger partial charge in [0.25, 0.3) is 5.91 Å². The van der Waals surface area contributed by atoms with Gasteiger partial charge in [0.1, 0.15) is 11.8 Å². The highest BCUT2D eigenvalue weighted by molar-refractivity contribution is 7.89. The van der Waals surface area contributed by atoms with Crippen molar-refractivity contribution in [2.75, 3.05) is 13.7 Å². The van der Waals surface area contributed by atoms with Crippen LogP contribution < -0.4 is 14.7 Å². The summed E-state index contributed by atoms with van der Waals surface area (Å²) in [6.45, 7) is 4.26. The van der Waals surface area contributed by atoms with Crippen molar-refractivity contribution >= 4 is 47.5 Å². The number of primary sulfonamides is 1. The van der Waals surface area contributed by atoms with Crippen LogP contribution >= 0.6 is 11.3 Å². The average Bonchev–Trinajstić information content (AvgIpc) is 3.44. The molecule has 1 aliphatic rings. The molecule has 2 N–H and O–H groups in total. The van der Waals surface area contributed by atoms with Gasteiger partial charge in [0.2, 0.25) is 20.0 Å². The van der Waals surface area contributed by atoms with Crippen LogP contribution in [0.25, 0.3) is 10.2 Å². The molecule has 2 heterocycles. The number of rotatable bonds is 7. The molecule has 1 fully saturated rings. The lowest BCUT2D eigenvalue weighted by Crippen LogP contribution is -2.40. The Morgan fingerprint density at radius 3 is 2.51 bits per heavy atom. The summed E-state index contributed by atoms with van der Waals surface area (Å²) in [5.41, 5.74) is 0.656. The normalized spacial score (nSPS) is 17.7. The number of fused-ring (bicyclic) bond motifs is 1. The third-order valence-electron chi connectivity index (χ3n) is 5.66. The number of sulfonamides is 2. The van der Waals surface area contributed by atoms with Crippen molar-refractivity contribution in [3.8, 4) is 5.75 Å². The first-order valence-corrected chi connectivity index (χ1v) is 14.4. The first kappa shape index (κ1) is 25.3. The van der Waals surface area contributed by atoms with Crippen LogP contribution in [0.3, 0.4) is 0 Å². The first-order valence-electron chi connectivity index (χ1n) is 10.6. The summed E-state index contributed by atoms with van der Waals surface area (Å²) in [4.78, 5) is 17.8. The smallest absolute Gasteiger partial charge is 0.266 e. The average molecular weight is 537 g/mol. The maximum atomic E-state index is 13.2. The number of allylic oxidation sites excluding steroid dienone is 1. The Hall–Kier alpha value is -2.84. The number of thiazole rings is 1. The molecule has 1 aliphatic heterocycles. The number of nitrogens with two attached hydrogens (primary N) is 1. The summed E-state index contributed by atoms with van der Waals surface area (Å²) in [7, 11) is -6.33. The summed E-state index contributed by atoms with van der Waals surface area (Å²) in [5.74, 6) is -0.0641. The SMILES string of the molecule is C=CCn1c(=NC(=O)C2CCCN2S(=O)(=O)c2ccc(OC)cc2)sc2cc(S(N)(=O)=O)ccc21. The Labute approximate surface area is 207 Å². The van der Waals surface area contributed by atoms with Crippen molar-refractivity contribution in [3.63, 3.8) is 0 Å². The third-order valence-corrected chi connectivity index (χ3v) is 9.53. The number of carbonyl (C=O) groups is 1. The predicted octanol–water partition coefficient (Wildman–Crippen LogP) is 1.83. The van der Waals surface area contributed by atoms with E-state index in [-0.39, 0.29) is 16.3 Å². The number of hydrogen-bond donors (Lipinski definition) is 1. The molecule has 2 aromatic carbocycles. The molecule has 186 valence electrons. The highest BCUT2D eigenvalue weighted by Gasteiger charge is 2.39. The summed E-state index contributed by atoms with van der Waals surface area (Å²) in [5, 5.41) is 5.24. The largest absolute Gasteiger partial charge is 0.497 e. The molecule has 0 spiro atoms. The van der Waals surface area contributed by atoms with Gasteiger partial charge in [0.15, 0.2) is 4.80 Å². The minimum atomic E-state index is -3.92. The number of nitrogens with zero attached hydrogens (tertiary/aromatic N) is 3. The van der Waals surface area contributed by atoms with Crippen LogP contribution in [0.1, 0.15) is 12.8 Å². The fourth-order valence-electron chi connectivity index (χ4n) is 3.95. The summed E-state index contributed by atoms with van der Waals surface area (Å²) in [6, 6.07) is 9.45. The van der Waals surface area contributed by atoms with Crippen LogP contribution in [0.4, 0.5) is 0 Å². The summed E-state index contributed by atoms with van der Waals surface area (Å²) in [6.07, 6.45) is 2.50. The van der Waals surface area contributed by atoms with Gasteiger partial charge in [0, 0.05) is 13.1 Å². The fraction of sp³-hybridized carbons (Fsp3) is 0.273. The van der Waals surface area contributed by atoms with Gasteiger partial charge >= 0.3 is 0 Å². The second-order valence-corrected chi connectivity index (χ2v) is 12.3. The quantitative estimate of drug-likeness (QED) is 0.457. The molecular weight excluding hydrogens is 512 g/mol. The van der Waals surface area contributed by atoms with Gasteiger partial charge in [-0.1, -0.05) is 17.4 Å². The van der Waals surface area contributed by atoms with E-state index in [1.807, 2.05) is 0 Å². The van der Waals surface area contributed by atoms with Gasteiger partial charge in [-0.2, -0.15) is 9.30 Å². The molecular formula is C22H24N4O6S3. The number of ether oxygens (including phenoxy) is 1. The lowest BCUT2D eigenvalue weighted by molar-refractivity contribution is -0.121. The molecule has 0 saturated carbocycles. The number of hydrogen-bond acceptors (Lipinski definition) is 7. The Morgan fingerprint density at radius 2 is 1.89 bits per heavy atom. The van der Waals surface area contributed by atoms with Crippen molar-refractivity contribution in [2.45, 2.75) is 35.2 Å². The van der Waals surface area contributed by atoms with Crippen LogP contribution in [-0.4, -0.2) is 51.3 Å². The number of carbonyl (C=O) groups excluding carboxylic acids is 1.